The Bertz CT molecular complexity index is 161. The van der Waals surface area contributed by atoms with Gasteiger partial charge in [0, 0.05) is 5.54 Å². The number of hydrogen-bond acceptors (Lipinski definition) is 1. The van der Waals surface area contributed by atoms with Crippen molar-refractivity contribution in [3.05, 3.63) is 0 Å². The molecule has 1 rings (SSSR count). The summed E-state index contributed by atoms with van der Waals surface area (Å²) in [7, 11) is 0. The zero-order valence-corrected chi connectivity index (χ0v) is 6.49. The van der Waals surface area contributed by atoms with Crippen molar-refractivity contribution < 1.29 is 17.6 Å². The van der Waals surface area contributed by atoms with E-state index in [1.165, 1.54) is 0 Å². The van der Waals surface area contributed by atoms with E-state index in [2.05, 4.69) is 0 Å². The van der Waals surface area contributed by atoms with Crippen molar-refractivity contribution in [2.24, 2.45) is 5.73 Å². The number of alkyl halides is 4. The molecule has 1 nitrogen and oxygen atoms in total. The predicted molar refractivity (Wildman–Crippen MR) is 36.3 cm³/mol. The fourth-order valence-electron chi connectivity index (χ4n) is 0.988. The maximum atomic E-state index is 12.3. The predicted octanol–water partition coefficient (Wildman–Crippen LogP) is 2.16. The van der Waals surface area contributed by atoms with Crippen molar-refractivity contribution in [3.8, 4) is 0 Å². The molecule has 72 valence electrons. The Morgan fingerprint density at radius 1 is 1.33 bits per heavy atom. The molecule has 0 spiro atoms. The Kier molecular flexibility index (Phi) is 2.33. The molecule has 0 amide bonds. The highest BCUT2D eigenvalue weighted by atomic mass is 19.4. The van der Waals surface area contributed by atoms with Crippen LogP contribution in [-0.4, -0.2) is 17.9 Å². The van der Waals surface area contributed by atoms with Crippen LogP contribution in [-0.2, 0) is 0 Å². The van der Waals surface area contributed by atoms with Gasteiger partial charge in [0.1, 0.15) is 0 Å². The average Bonchev–Trinajstić information content (AvgIpc) is 2.62. The normalized spacial score (nSPS) is 23.8. The lowest BCUT2D eigenvalue weighted by molar-refractivity contribution is -0.182. The van der Waals surface area contributed by atoms with Crippen molar-refractivity contribution >= 4 is 0 Å². The third-order valence-corrected chi connectivity index (χ3v) is 2.14. The van der Waals surface area contributed by atoms with Gasteiger partial charge in [0.2, 0.25) is 0 Å². The zero-order chi connectivity index (χ0) is 9.41. The molecule has 0 aliphatic heterocycles. The summed E-state index contributed by atoms with van der Waals surface area (Å²) in [5.41, 5.74) is 5.01. The van der Waals surface area contributed by atoms with E-state index in [4.69, 9.17) is 5.73 Å². The van der Waals surface area contributed by atoms with Gasteiger partial charge >= 0.3 is 6.18 Å². The molecule has 0 saturated heterocycles. The third-order valence-electron chi connectivity index (χ3n) is 2.14. The molecule has 0 heterocycles. The van der Waals surface area contributed by atoms with Gasteiger partial charge in [-0.15, -0.1) is 0 Å². The largest absolute Gasteiger partial charge is 0.419 e. The van der Waals surface area contributed by atoms with E-state index in [0.717, 1.165) is 12.8 Å². The minimum Gasteiger partial charge on any atom is -0.325 e. The highest BCUT2D eigenvalue weighted by Gasteiger charge is 2.44. The number of hydrogen-bond donors (Lipinski definition) is 1. The Balaban J connectivity index is 2.23. The summed E-state index contributed by atoms with van der Waals surface area (Å²) in [6.45, 7) is 0. The Labute approximate surface area is 67.9 Å². The highest BCUT2D eigenvalue weighted by molar-refractivity contribution is 4.98. The van der Waals surface area contributed by atoms with Crippen molar-refractivity contribution in [3.63, 3.8) is 0 Å². The van der Waals surface area contributed by atoms with E-state index in [1.807, 2.05) is 0 Å². The van der Waals surface area contributed by atoms with Crippen LogP contribution in [0.3, 0.4) is 0 Å². The van der Waals surface area contributed by atoms with E-state index in [9.17, 15) is 17.6 Å². The molecule has 5 heteroatoms. The van der Waals surface area contributed by atoms with Crippen molar-refractivity contribution in [2.45, 2.75) is 43.6 Å². The molecular weight excluding hydrogens is 174 g/mol. The second-order valence-corrected chi connectivity index (χ2v) is 3.41. The minimum atomic E-state index is -4.72. The fourth-order valence-corrected chi connectivity index (χ4v) is 0.988. The fraction of sp³-hybridized carbons (Fsp3) is 1.00. The summed E-state index contributed by atoms with van der Waals surface area (Å²) in [6, 6.07) is 0. The van der Waals surface area contributed by atoms with Crippen molar-refractivity contribution in [1.29, 1.82) is 0 Å². The second kappa shape index (κ2) is 2.87. The Morgan fingerprint density at radius 2 is 1.83 bits per heavy atom. The van der Waals surface area contributed by atoms with Gasteiger partial charge in [-0.1, -0.05) is 0 Å². The first-order chi connectivity index (χ1) is 5.33. The molecule has 0 aromatic rings. The topological polar surface area (TPSA) is 26.0 Å². The molecule has 1 fully saturated rings. The quantitative estimate of drug-likeness (QED) is 0.670. The Morgan fingerprint density at radius 3 is 2.17 bits per heavy atom. The van der Waals surface area contributed by atoms with E-state index in [-0.39, 0.29) is 6.42 Å². The number of nitrogens with two attached hydrogens (primary N) is 1. The number of rotatable bonds is 3. The van der Waals surface area contributed by atoms with Gasteiger partial charge in [-0.2, -0.15) is 13.2 Å². The van der Waals surface area contributed by atoms with E-state index < -0.39 is 24.3 Å². The molecule has 1 aliphatic carbocycles. The monoisotopic (exact) mass is 185 g/mol. The molecule has 1 atom stereocenters. The van der Waals surface area contributed by atoms with Crippen LogP contribution in [0.5, 0.6) is 0 Å². The van der Waals surface area contributed by atoms with Gasteiger partial charge in [0.05, 0.1) is 0 Å². The minimum absolute atomic E-state index is 0.133. The van der Waals surface area contributed by atoms with E-state index in [0.29, 0.717) is 0 Å². The molecule has 1 unspecified atom stereocenters. The summed E-state index contributed by atoms with van der Waals surface area (Å²) in [5, 5.41) is 0. The molecule has 12 heavy (non-hydrogen) atoms. The van der Waals surface area contributed by atoms with Crippen LogP contribution in [0.25, 0.3) is 0 Å². The molecule has 0 aromatic carbocycles. The van der Waals surface area contributed by atoms with Crippen LogP contribution in [0.2, 0.25) is 0 Å². The molecule has 0 radical (unpaired) electrons. The summed E-state index contributed by atoms with van der Waals surface area (Å²) >= 11 is 0. The van der Waals surface area contributed by atoms with Crippen LogP contribution in [0, 0.1) is 0 Å². The summed E-state index contributed by atoms with van der Waals surface area (Å²) < 4.78 is 47.2. The van der Waals surface area contributed by atoms with E-state index >= 15 is 0 Å². The van der Waals surface area contributed by atoms with Crippen LogP contribution in [0.1, 0.15) is 25.7 Å². The molecule has 1 aliphatic rings. The van der Waals surface area contributed by atoms with Crippen LogP contribution >= 0.6 is 0 Å². The molecule has 0 aromatic heterocycles. The van der Waals surface area contributed by atoms with Crippen LogP contribution < -0.4 is 5.73 Å². The summed E-state index contributed by atoms with van der Waals surface area (Å²) in [4.78, 5) is 0. The SMILES string of the molecule is NC1(CCC(F)C(F)(F)F)CC1. The molecule has 0 bridgehead atoms. The van der Waals surface area contributed by atoms with Crippen molar-refractivity contribution in [1.82, 2.24) is 0 Å². The van der Waals surface area contributed by atoms with Gasteiger partial charge in [-0.3, -0.25) is 0 Å². The standard InChI is InChI=1S/C7H11F4N/c8-5(7(9,10)11)1-2-6(12)3-4-6/h5H,1-4,12H2. The first-order valence-corrected chi connectivity index (χ1v) is 3.83. The third kappa shape index (κ3) is 2.62. The second-order valence-electron chi connectivity index (χ2n) is 3.41. The first-order valence-electron chi connectivity index (χ1n) is 3.83. The zero-order valence-electron chi connectivity index (χ0n) is 6.49. The smallest absolute Gasteiger partial charge is 0.325 e. The van der Waals surface area contributed by atoms with Gasteiger partial charge in [-0.05, 0) is 25.7 Å². The van der Waals surface area contributed by atoms with Gasteiger partial charge in [-0.25, -0.2) is 4.39 Å². The number of halogens is 4. The molecule has 2 N–H and O–H groups in total. The van der Waals surface area contributed by atoms with E-state index in [1.54, 1.807) is 0 Å². The average molecular weight is 185 g/mol. The van der Waals surface area contributed by atoms with Gasteiger partial charge in [0.15, 0.2) is 6.17 Å². The van der Waals surface area contributed by atoms with Gasteiger partial charge < -0.3 is 5.73 Å². The molecule has 1 saturated carbocycles. The van der Waals surface area contributed by atoms with Crippen molar-refractivity contribution in [2.75, 3.05) is 0 Å². The maximum Gasteiger partial charge on any atom is 0.419 e. The maximum absolute atomic E-state index is 12.3. The lowest BCUT2D eigenvalue weighted by atomic mass is 10.1. The summed E-state index contributed by atoms with van der Waals surface area (Å²) in [5.74, 6) is 0. The lowest BCUT2D eigenvalue weighted by Gasteiger charge is -2.14. The lowest BCUT2D eigenvalue weighted by Crippen LogP contribution is -2.29. The van der Waals surface area contributed by atoms with Crippen LogP contribution in [0.15, 0.2) is 0 Å². The van der Waals surface area contributed by atoms with Gasteiger partial charge in [0.25, 0.3) is 0 Å². The van der Waals surface area contributed by atoms with Crippen LogP contribution in [0.4, 0.5) is 17.6 Å². The highest BCUT2D eigenvalue weighted by Crippen LogP contribution is 2.39. The Hall–Kier alpha value is -0.320. The molecular formula is C7H11F4N. The summed E-state index contributed by atoms with van der Waals surface area (Å²) in [6.07, 6.45) is -6.35. The first kappa shape index (κ1) is 9.77.